The zero-order valence-corrected chi connectivity index (χ0v) is 12.2. The number of imidazole rings is 1. The average molecular weight is 319 g/mol. The van der Waals surface area contributed by atoms with Crippen LogP contribution in [0.25, 0.3) is 11.0 Å². The van der Waals surface area contributed by atoms with Gasteiger partial charge in [-0.05, 0) is 48.9 Å². The maximum Gasteiger partial charge on any atom is 0.323 e. The summed E-state index contributed by atoms with van der Waals surface area (Å²) in [4.78, 5) is 16.7. The van der Waals surface area contributed by atoms with Gasteiger partial charge in [0.2, 0.25) is 0 Å². The average Bonchev–Trinajstić information content (AvgIpc) is 2.71. The molecule has 2 unspecified atom stereocenters. The van der Waals surface area contributed by atoms with Crippen LogP contribution in [0.4, 0.5) is 0 Å². The molecule has 0 saturated heterocycles. The molecule has 4 N–H and O–H groups in total. The van der Waals surface area contributed by atoms with Crippen LogP contribution in [0, 0.1) is 0 Å². The first-order valence-electron chi connectivity index (χ1n) is 6.34. The minimum atomic E-state index is -0.901. The van der Waals surface area contributed by atoms with E-state index in [1.165, 1.54) is 0 Å². The number of hydrogen-bond acceptors (Lipinski definition) is 3. The van der Waals surface area contributed by atoms with Crippen LogP contribution in [-0.4, -0.2) is 31.3 Å². The fraction of sp³-hybridized carbons (Fsp3) is 0.462. The molecule has 5 nitrogen and oxygen atoms in total. The number of H-pyrrole nitrogens is 2. The Labute approximate surface area is 125 Å². The number of nitrogens with one attached hydrogen (secondary N) is 2. The largest absolute Gasteiger partial charge is 0.378 e. The summed E-state index contributed by atoms with van der Waals surface area (Å²) in [6.07, 6.45) is 2.00. The quantitative estimate of drug-likeness (QED) is 0.613. The number of aliphatic hydroxyl groups excluding tert-OH is 2. The van der Waals surface area contributed by atoms with E-state index in [0.717, 1.165) is 11.1 Å². The summed E-state index contributed by atoms with van der Waals surface area (Å²) in [5.41, 5.74) is 1.31. The number of halogens is 2. The lowest BCUT2D eigenvalue weighted by atomic mass is 9.98. The standard InChI is InChI=1S/C13H16Cl2N2O3/c14-11(18)3-1-7-5-9-10(17-13(20)16-9)6-8(7)2-4-12(15)19/h5-6,11-12,18-19H,1-4H2,(H2,16,17,20). The number of aryl methyl sites for hydroxylation is 2. The van der Waals surface area contributed by atoms with Crippen molar-refractivity contribution in [1.29, 1.82) is 0 Å². The summed E-state index contributed by atoms with van der Waals surface area (Å²) < 4.78 is 0. The molecular weight excluding hydrogens is 303 g/mol. The normalized spacial score (nSPS) is 14.6. The van der Waals surface area contributed by atoms with E-state index in [2.05, 4.69) is 9.97 Å². The highest BCUT2D eigenvalue weighted by Gasteiger charge is 2.10. The van der Waals surface area contributed by atoms with Crippen molar-refractivity contribution in [2.45, 2.75) is 36.8 Å². The molecule has 0 aliphatic rings. The molecule has 2 atom stereocenters. The summed E-state index contributed by atoms with van der Waals surface area (Å²) in [5, 5.41) is 18.4. The number of hydrogen-bond donors (Lipinski definition) is 4. The molecular formula is C13H16Cl2N2O3. The Hall–Kier alpha value is -1.01. The second-order valence-electron chi connectivity index (χ2n) is 4.69. The van der Waals surface area contributed by atoms with Gasteiger partial charge in [-0.3, -0.25) is 0 Å². The molecule has 0 saturated carbocycles. The van der Waals surface area contributed by atoms with E-state index in [4.69, 9.17) is 23.2 Å². The van der Waals surface area contributed by atoms with Gasteiger partial charge in [0.25, 0.3) is 0 Å². The molecule has 0 aliphatic carbocycles. The minimum absolute atomic E-state index is 0.266. The van der Waals surface area contributed by atoms with Gasteiger partial charge in [-0.1, -0.05) is 23.2 Å². The summed E-state index contributed by atoms with van der Waals surface area (Å²) in [5.74, 6) is 0. The molecule has 0 amide bonds. The lowest BCUT2D eigenvalue weighted by Crippen LogP contribution is -2.04. The Morgan fingerprint density at radius 3 is 1.70 bits per heavy atom. The maximum atomic E-state index is 11.3. The van der Waals surface area contributed by atoms with Crippen molar-refractivity contribution in [3.05, 3.63) is 33.7 Å². The third kappa shape index (κ3) is 3.99. The van der Waals surface area contributed by atoms with Crippen LogP contribution in [-0.2, 0) is 12.8 Å². The van der Waals surface area contributed by atoms with Crippen LogP contribution in [0.5, 0.6) is 0 Å². The third-order valence-corrected chi connectivity index (χ3v) is 3.58. The van der Waals surface area contributed by atoms with Crippen molar-refractivity contribution >= 4 is 34.2 Å². The molecule has 0 bridgehead atoms. The number of aliphatic hydroxyl groups is 2. The Balaban J connectivity index is 2.33. The Morgan fingerprint density at radius 2 is 1.35 bits per heavy atom. The number of benzene rings is 1. The predicted octanol–water partition coefficient (Wildman–Crippen LogP) is 1.84. The summed E-state index contributed by atoms with van der Waals surface area (Å²) in [7, 11) is 0. The second kappa shape index (κ2) is 6.63. The number of alkyl halides is 2. The SMILES string of the molecule is O=c1[nH]c2cc(CCC(O)Cl)c(CCC(O)Cl)cc2[nH]1. The van der Waals surface area contributed by atoms with Crippen LogP contribution in [0.2, 0.25) is 0 Å². The van der Waals surface area contributed by atoms with E-state index < -0.39 is 11.1 Å². The zero-order chi connectivity index (χ0) is 14.7. The van der Waals surface area contributed by atoms with E-state index in [1.54, 1.807) is 0 Å². The number of aromatic nitrogens is 2. The van der Waals surface area contributed by atoms with Gasteiger partial charge < -0.3 is 20.2 Å². The van der Waals surface area contributed by atoms with Gasteiger partial charge >= 0.3 is 5.69 Å². The maximum absolute atomic E-state index is 11.3. The van der Waals surface area contributed by atoms with Gasteiger partial charge in [-0.25, -0.2) is 4.79 Å². The fourth-order valence-corrected chi connectivity index (χ4v) is 2.40. The highest BCUT2D eigenvalue weighted by Crippen LogP contribution is 2.21. The topological polar surface area (TPSA) is 89.1 Å². The molecule has 0 spiro atoms. The van der Waals surface area contributed by atoms with E-state index in [-0.39, 0.29) is 5.69 Å². The molecule has 2 rings (SSSR count). The monoisotopic (exact) mass is 318 g/mol. The molecule has 0 radical (unpaired) electrons. The summed E-state index contributed by atoms with van der Waals surface area (Å²) >= 11 is 11.1. The van der Waals surface area contributed by atoms with Crippen molar-refractivity contribution in [3.63, 3.8) is 0 Å². The second-order valence-corrected chi connectivity index (χ2v) is 5.70. The lowest BCUT2D eigenvalue weighted by Gasteiger charge is -2.11. The molecule has 20 heavy (non-hydrogen) atoms. The molecule has 1 heterocycles. The van der Waals surface area contributed by atoms with Crippen molar-refractivity contribution in [3.8, 4) is 0 Å². The van der Waals surface area contributed by atoms with Crippen LogP contribution in [0.15, 0.2) is 16.9 Å². The van der Waals surface area contributed by atoms with Crippen LogP contribution in [0.1, 0.15) is 24.0 Å². The predicted molar refractivity (Wildman–Crippen MR) is 79.3 cm³/mol. The molecule has 7 heteroatoms. The highest BCUT2D eigenvalue weighted by atomic mass is 35.5. The van der Waals surface area contributed by atoms with Gasteiger partial charge in [0.15, 0.2) is 0 Å². The van der Waals surface area contributed by atoms with Gasteiger partial charge in [-0.15, -0.1) is 0 Å². The van der Waals surface area contributed by atoms with E-state index in [0.29, 0.717) is 36.7 Å². The first-order chi connectivity index (χ1) is 9.45. The smallest absolute Gasteiger partial charge is 0.323 e. The molecule has 0 aliphatic heterocycles. The fourth-order valence-electron chi connectivity index (χ4n) is 2.19. The first kappa shape index (κ1) is 15.4. The molecule has 1 aromatic carbocycles. The van der Waals surface area contributed by atoms with Gasteiger partial charge in [0.05, 0.1) is 11.0 Å². The number of fused-ring (bicyclic) bond motifs is 1. The van der Waals surface area contributed by atoms with Crippen molar-refractivity contribution in [1.82, 2.24) is 9.97 Å². The zero-order valence-electron chi connectivity index (χ0n) is 10.7. The molecule has 110 valence electrons. The molecule has 0 fully saturated rings. The van der Waals surface area contributed by atoms with Crippen molar-refractivity contribution < 1.29 is 10.2 Å². The van der Waals surface area contributed by atoms with Gasteiger partial charge in [0.1, 0.15) is 11.1 Å². The molecule has 2 aromatic rings. The van der Waals surface area contributed by atoms with Crippen LogP contribution >= 0.6 is 23.2 Å². The van der Waals surface area contributed by atoms with Gasteiger partial charge in [0, 0.05) is 0 Å². The van der Waals surface area contributed by atoms with E-state index in [9.17, 15) is 15.0 Å². The highest BCUT2D eigenvalue weighted by molar-refractivity contribution is 6.19. The van der Waals surface area contributed by atoms with Crippen molar-refractivity contribution in [2.24, 2.45) is 0 Å². The third-order valence-electron chi connectivity index (χ3n) is 3.14. The van der Waals surface area contributed by atoms with Gasteiger partial charge in [-0.2, -0.15) is 0 Å². The number of aromatic amines is 2. The van der Waals surface area contributed by atoms with E-state index in [1.807, 2.05) is 12.1 Å². The summed E-state index contributed by atoms with van der Waals surface area (Å²) in [6.45, 7) is 0. The minimum Gasteiger partial charge on any atom is -0.378 e. The lowest BCUT2D eigenvalue weighted by molar-refractivity contribution is 0.243. The van der Waals surface area contributed by atoms with Crippen molar-refractivity contribution in [2.75, 3.05) is 0 Å². The Kier molecular flexibility index (Phi) is 5.10. The number of rotatable bonds is 6. The molecule has 1 aromatic heterocycles. The summed E-state index contributed by atoms with van der Waals surface area (Å²) in [6, 6.07) is 3.73. The Morgan fingerprint density at radius 1 is 0.950 bits per heavy atom. The van der Waals surface area contributed by atoms with Crippen LogP contribution < -0.4 is 5.69 Å². The van der Waals surface area contributed by atoms with E-state index >= 15 is 0 Å². The first-order valence-corrected chi connectivity index (χ1v) is 7.21. The van der Waals surface area contributed by atoms with Crippen LogP contribution in [0.3, 0.4) is 0 Å². The Bertz CT molecular complexity index is 582.